The predicted molar refractivity (Wildman–Crippen MR) is 128 cm³/mol. The summed E-state index contributed by atoms with van der Waals surface area (Å²) in [5, 5.41) is 11.8. The van der Waals surface area contributed by atoms with Crippen LogP contribution in [0.2, 0.25) is 0 Å². The second-order valence-corrected chi connectivity index (χ2v) is 8.31. The average molecular weight is 459 g/mol. The summed E-state index contributed by atoms with van der Waals surface area (Å²) in [5.74, 6) is -1.46. The number of hydrogen-bond donors (Lipinski definition) is 2. The number of likely N-dealkylation sites (N-methyl/N-ethyl adjacent to an activating group) is 1. The summed E-state index contributed by atoms with van der Waals surface area (Å²) in [6.45, 7) is 1.93. The highest BCUT2D eigenvalue weighted by Crippen LogP contribution is 2.44. The lowest BCUT2D eigenvalue weighted by Crippen LogP contribution is -2.40. The third kappa shape index (κ3) is 4.64. The van der Waals surface area contributed by atoms with Gasteiger partial charge >= 0.3 is 12.1 Å². The van der Waals surface area contributed by atoms with Crippen LogP contribution >= 0.6 is 0 Å². The molecule has 1 aliphatic rings. The Kier molecular flexibility index (Phi) is 6.63. The molecule has 3 aromatic rings. The zero-order valence-electron chi connectivity index (χ0n) is 19.0. The number of hydrogen-bond acceptors (Lipinski definition) is 4. The lowest BCUT2D eigenvalue weighted by atomic mass is 9.98. The minimum atomic E-state index is -1.07. The van der Waals surface area contributed by atoms with Crippen LogP contribution in [0.4, 0.5) is 4.79 Å². The summed E-state index contributed by atoms with van der Waals surface area (Å²) < 4.78 is 5.54. The van der Waals surface area contributed by atoms with Crippen molar-refractivity contribution in [2.75, 3.05) is 13.7 Å². The maximum Gasteiger partial charge on any atom is 0.407 e. The number of aliphatic carboxylic acids is 1. The van der Waals surface area contributed by atoms with Crippen molar-refractivity contribution in [3.63, 3.8) is 0 Å². The number of ether oxygens (including phenoxy) is 1. The number of carbonyl (C=O) groups excluding carboxylic acids is 2. The van der Waals surface area contributed by atoms with Gasteiger partial charge in [-0.3, -0.25) is 4.79 Å². The molecule has 2 N–H and O–H groups in total. The van der Waals surface area contributed by atoms with Gasteiger partial charge < -0.3 is 20.1 Å². The number of fused-ring (bicyclic) bond motifs is 3. The van der Waals surface area contributed by atoms with Gasteiger partial charge in [0.15, 0.2) is 0 Å². The van der Waals surface area contributed by atoms with Gasteiger partial charge in [0.05, 0.1) is 0 Å². The van der Waals surface area contributed by atoms with Crippen molar-refractivity contribution in [1.29, 1.82) is 0 Å². The second kappa shape index (κ2) is 9.79. The maximum atomic E-state index is 12.4. The third-order valence-electron chi connectivity index (χ3n) is 6.24. The molecule has 0 saturated carbocycles. The molecule has 34 heavy (non-hydrogen) atoms. The summed E-state index contributed by atoms with van der Waals surface area (Å²) in [5.41, 5.74) is 5.81. The molecule has 7 nitrogen and oxygen atoms in total. The number of alkyl carbamates (subject to hydrolysis) is 1. The van der Waals surface area contributed by atoms with Crippen LogP contribution in [0.25, 0.3) is 11.1 Å². The molecule has 4 rings (SSSR count). The molecule has 3 aromatic carbocycles. The Morgan fingerprint density at radius 1 is 0.941 bits per heavy atom. The molecule has 7 heteroatoms. The Morgan fingerprint density at radius 3 is 2.06 bits per heavy atom. The number of carboxylic acid groups (broad SMARTS) is 1. The molecule has 0 aromatic heterocycles. The van der Waals surface area contributed by atoms with E-state index in [0.717, 1.165) is 16.7 Å². The lowest BCUT2D eigenvalue weighted by molar-refractivity contribution is -0.141. The summed E-state index contributed by atoms with van der Waals surface area (Å²) in [6, 6.07) is 22.0. The van der Waals surface area contributed by atoms with Gasteiger partial charge in [-0.05, 0) is 46.9 Å². The summed E-state index contributed by atoms with van der Waals surface area (Å²) >= 11 is 0. The van der Waals surface area contributed by atoms with Crippen molar-refractivity contribution in [2.45, 2.75) is 25.4 Å². The Balaban J connectivity index is 1.32. The fourth-order valence-electron chi connectivity index (χ4n) is 4.13. The SMILES string of the molecule is C[C@@H](C(=O)O)N(C)C(=O)c1ccc(CNC(=O)OCC2c3ccccc3-c3ccccc32)cc1. The second-order valence-electron chi connectivity index (χ2n) is 8.31. The van der Waals surface area contributed by atoms with Crippen molar-refractivity contribution in [2.24, 2.45) is 0 Å². The normalized spacial score (nSPS) is 12.9. The molecule has 1 atom stereocenters. The van der Waals surface area contributed by atoms with Crippen LogP contribution in [0.15, 0.2) is 72.8 Å². The van der Waals surface area contributed by atoms with Gasteiger partial charge in [-0.25, -0.2) is 9.59 Å². The zero-order chi connectivity index (χ0) is 24.2. The van der Waals surface area contributed by atoms with Crippen LogP contribution in [-0.4, -0.2) is 47.7 Å². The molecule has 0 saturated heterocycles. The summed E-state index contributed by atoms with van der Waals surface area (Å²) in [7, 11) is 1.45. The van der Waals surface area contributed by atoms with Gasteiger partial charge in [-0.1, -0.05) is 60.7 Å². The molecule has 0 spiro atoms. The molecule has 0 fully saturated rings. The first-order valence-electron chi connectivity index (χ1n) is 11.0. The number of amides is 2. The van der Waals surface area contributed by atoms with E-state index < -0.39 is 18.1 Å². The number of carbonyl (C=O) groups is 3. The van der Waals surface area contributed by atoms with E-state index in [-0.39, 0.29) is 25.0 Å². The van der Waals surface area contributed by atoms with Crippen molar-refractivity contribution < 1.29 is 24.2 Å². The Morgan fingerprint density at radius 2 is 1.50 bits per heavy atom. The molecule has 0 aliphatic heterocycles. The van der Waals surface area contributed by atoms with Crippen molar-refractivity contribution in [3.05, 3.63) is 95.1 Å². The molecule has 0 heterocycles. The molecular formula is C27H26N2O5. The zero-order valence-corrected chi connectivity index (χ0v) is 19.0. The van der Waals surface area contributed by atoms with E-state index in [4.69, 9.17) is 9.84 Å². The number of carboxylic acids is 1. The summed E-state index contributed by atoms with van der Waals surface area (Å²) in [4.78, 5) is 37.0. The van der Waals surface area contributed by atoms with E-state index in [1.807, 2.05) is 24.3 Å². The van der Waals surface area contributed by atoms with E-state index in [2.05, 4.69) is 29.6 Å². The first-order valence-corrected chi connectivity index (χ1v) is 11.0. The largest absolute Gasteiger partial charge is 0.480 e. The van der Waals surface area contributed by atoms with Crippen LogP contribution in [-0.2, 0) is 16.1 Å². The fourth-order valence-corrected chi connectivity index (χ4v) is 4.13. The first-order chi connectivity index (χ1) is 16.4. The van der Waals surface area contributed by atoms with E-state index in [9.17, 15) is 14.4 Å². The van der Waals surface area contributed by atoms with E-state index in [0.29, 0.717) is 5.56 Å². The molecule has 0 radical (unpaired) electrons. The van der Waals surface area contributed by atoms with Gasteiger partial charge in [-0.2, -0.15) is 0 Å². The Hall–Kier alpha value is -4.13. The molecule has 0 unspecified atom stereocenters. The smallest absolute Gasteiger partial charge is 0.407 e. The Labute approximate surface area is 198 Å². The lowest BCUT2D eigenvalue weighted by Gasteiger charge is -2.21. The van der Waals surface area contributed by atoms with Crippen molar-refractivity contribution in [1.82, 2.24) is 10.2 Å². The summed E-state index contributed by atoms with van der Waals surface area (Å²) in [6.07, 6.45) is -0.517. The van der Waals surface area contributed by atoms with Gasteiger partial charge in [0, 0.05) is 25.1 Å². The van der Waals surface area contributed by atoms with Crippen LogP contribution < -0.4 is 5.32 Å². The van der Waals surface area contributed by atoms with E-state index in [1.165, 1.54) is 30.0 Å². The fraction of sp³-hybridized carbons (Fsp3) is 0.222. The van der Waals surface area contributed by atoms with E-state index >= 15 is 0 Å². The van der Waals surface area contributed by atoms with Crippen molar-refractivity contribution >= 4 is 18.0 Å². The van der Waals surface area contributed by atoms with Gasteiger partial charge in [-0.15, -0.1) is 0 Å². The van der Waals surface area contributed by atoms with Crippen LogP contribution in [0, 0.1) is 0 Å². The number of rotatable bonds is 7. The van der Waals surface area contributed by atoms with Gasteiger partial charge in [0.1, 0.15) is 12.6 Å². The molecule has 1 aliphatic carbocycles. The van der Waals surface area contributed by atoms with Crippen LogP contribution in [0.1, 0.15) is 39.9 Å². The van der Waals surface area contributed by atoms with Crippen LogP contribution in [0.3, 0.4) is 0 Å². The maximum absolute atomic E-state index is 12.4. The average Bonchev–Trinajstić information content (AvgIpc) is 3.18. The minimum Gasteiger partial charge on any atom is -0.480 e. The molecule has 174 valence electrons. The molecular weight excluding hydrogens is 432 g/mol. The highest BCUT2D eigenvalue weighted by atomic mass is 16.5. The van der Waals surface area contributed by atoms with Crippen molar-refractivity contribution in [3.8, 4) is 11.1 Å². The highest BCUT2D eigenvalue weighted by molar-refractivity contribution is 5.96. The highest BCUT2D eigenvalue weighted by Gasteiger charge is 2.29. The molecule has 2 amide bonds. The van der Waals surface area contributed by atoms with Crippen LogP contribution in [0.5, 0.6) is 0 Å². The monoisotopic (exact) mass is 458 g/mol. The van der Waals surface area contributed by atoms with Gasteiger partial charge in [0.25, 0.3) is 5.91 Å². The number of nitrogens with zero attached hydrogens (tertiary/aromatic N) is 1. The number of benzene rings is 3. The molecule has 0 bridgehead atoms. The quantitative estimate of drug-likeness (QED) is 0.551. The minimum absolute atomic E-state index is 0.00590. The predicted octanol–water partition coefficient (Wildman–Crippen LogP) is 4.27. The number of nitrogens with one attached hydrogen (secondary N) is 1. The third-order valence-corrected chi connectivity index (χ3v) is 6.24. The topological polar surface area (TPSA) is 95.9 Å². The standard InChI is InChI=1S/C27H26N2O5/c1-17(26(31)32)29(2)25(30)19-13-11-18(12-14-19)15-28-27(33)34-16-24-22-9-5-3-7-20(22)21-8-4-6-10-23(21)24/h3-14,17,24H,15-16H2,1-2H3,(H,28,33)(H,31,32)/t17-/m0/s1. The first kappa shape index (κ1) is 23.0. The van der Waals surface area contributed by atoms with E-state index in [1.54, 1.807) is 24.3 Å². The Bertz CT molecular complexity index is 1180. The van der Waals surface area contributed by atoms with Gasteiger partial charge in [0.2, 0.25) is 0 Å².